The number of piperidine rings is 1. The summed E-state index contributed by atoms with van der Waals surface area (Å²) in [5.41, 5.74) is 0. The van der Waals surface area contributed by atoms with Crippen molar-refractivity contribution >= 4 is 24.3 Å². The maximum absolute atomic E-state index is 11.5. The largest absolute Gasteiger partial charge is 0.491 e. The molecule has 0 aliphatic carbocycles. The van der Waals surface area contributed by atoms with Crippen molar-refractivity contribution < 1.29 is 14.3 Å². The van der Waals surface area contributed by atoms with Gasteiger partial charge >= 0.3 is 0 Å². The zero-order chi connectivity index (χ0) is 25.8. The molecule has 198 valence electrons. The number of amides is 1. The minimum absolute atomic E-state index is 0.146. The molecule has 1 aromatic heterocycles. The average molecular weight is 500 g/mol. The van der Waals surface area contributed by atoms with Gasteiger partial charge in [0, 0.05) is 52.3 Å². The smallest absolute Gasteiger partial charge is 0.219 e. The van der Waals surface area contributed by atoms with E-state index in [1.807, 2.05) is 11.0 Å². The van der Waals surface area contributed by atoms with Crippen molar-refractivity contribution in [2.24, 2.45) is 15.9 Å². The van der Waals surface area contributed by atoms with Crippen molar-refractivity contribution in [1.29, 1.82) is 0 Å². The summed E-state index contributed by atoms with van der Waals surface area (Å²) in [7, 11) is 3.32. The summed E-state index contributed by atoms with van der Waals surface area (Å²) in [6.07, 6.45) is 8.95. The van der Waals surface area contributed by atoms with Crippen LogP contribution in [0.4, 0.5) is 5.82 Å². The van der Waals surface area contributed by atoms with Gasteiger partial charge in [0.2, 0.25) is 5.91 Å². The van der Waals surface area contributed by atoms with Crippen LogP contribution < -0.4 is 20.1 Å². The SMILES string of the molecule is C=N/C(=C\C(=N/C)Nc1cc(OCCCN2CCCC2)c(OC)cn1)NCC1CCN(C(C)=O)CC1. The number of anilines is 1. The van der Waals surface area contributed by atoms with Gasteiger partial charge in [-0.2, -0.15) is 0 Å². The number of hydrogen-bond donors (Lipinski definition) is 2. The topological polar surface area (TPSA) is 104 Å². The molecule has 0 atom stereocenters. The molecule has 2 fully saturated rings. The monoisotopic (exact) mass is 499 g/mol. The van der Waals surface area contributed by atoms with E-state index in [2.05, 4.69) is 37.2 Å². The standard InChI is InChI=1S/C26H41N7O3/c1-20(34)33-13-8-21(9-14-33)18-29-24(27-2)17-25(28-3)31-26-16-22(23(35-4)19-30-26)36-15-7-12-32-10-5-6-11-32/h16-17,19,21,29H,2,5-15,18H2,1,3-4H3,(H,28,30,31)/b24-17+. The Hall–Kier alpha value is -3.14. The molecule has 3 rings (SSSR count). The van der Waals surface area contributed by atoms with Crippen LogP contribution in [-0.2, 0) is 4.79 Å². The molecule has 36 heavy (non-hydrogen) atoms. The normalized spacial score (nSPS) is 17.7. The number of aliphatic imine (C=N–C) groups is 2. The molecular formula is C26H41N7O3. The van der Waals surface area contributed by atoms with E-state index >= 15 is 0 Å². The third kappa shape index (κ3) is 8.51. The number of methoxy groups -OCH3 is 1. The van der Waals surface area contributed by atoms with Crippen molar-refractivity contribution in [3.8, 4) is 11.5 Å². The number of amidine groups is 1. The molecule has 0 saturated carbocycles. The first-order chi connectivity index (χ1) is 17.5. The van der Waals surface area contributed by atoms with Crippen LogP contribution in [0.5, 0.6) is 11.5 Å². The van der Waals surface area contributed by atoms with E-state index in [-0.39, 0.29) is 5.91 Å². The first kappa shape index (κ1) is 27.4. The molecule has 2 N–H and O–H groups in total. The van der Waals surface area contributed by atoms with Crippen molar-refractivity contribution in [2.45, 2.75) is 39.0 Å². The van der Waals surface area contributed by atoms with E-state index in [0.29, 0.717) is 41.5 Å². The van der Waals surface area contributed by atoms with Crippen LogP contribution in [0.2, 0.25) is 0 Å². The van der Waals surface area contributed by atoms with Gasteiger partial charge in [0.1, 0.15) is 17.5 Å². The Morgan fingerprint density at radius 2 is 2.00 bits per heavy atom. The number of hydrogen-bond acceptors (Lipinski definition) is 8. The van der Waals surface area contributed by atoms with Crippen LogP contribution in [-0.4, -0.2) is 93.3 Å². The van der Waals surface area contributed by atoms with Gasteiger partial charge in [-0.25, -0.2) is 9.98 Å². The molecule has 0 unspecified atom stereocenters. The number of rotatable bonds is 12. The van der Waals surface area contributed by atoms with E-state index in [9.17, 15) is 4.79 Å². The molecule has 0 bridgehead atoms. The Balaban J connectivity index is 1.53. The lowest BCUT2D eigenvalue weighted by Crippen LogP contribution is -2.39. The van der Waals surface area contributed by atoms with Crippen molar-refractivity contribution in [3.63, 3.8) is 0 Å². The lowest BCUT2D eigenvalue weighted by molar-refractivity contribution is -0.130. The Labute approximate surface area is 214 Å². The Morgan fingerprint density at radius 3 is 2.64 bits per heavy atom. The summed E-state index contributed by atoms with van der Waals surface area (Å²) >= 11 is 0. The molecule has 0 radical (unpaired) electrons. The summed E-state index contributed by atoms with van der Waals surface area (Å²) in [5, 5.41) is 6.58. The van der Waals surface area contributed by atoms with Crippen LogP contribution in [0.3, 0.4) is 0 Å². The highest BCUT2D eigenvalue weighted by molar-refractivity contribution is 6.03. The zero-order valence-corrected chi connectivity index (χ0v) is 22.0. The van der Waals surface area contributed by atoms with E-state index in [4.69, 9.17) is 9.47 Å². The number of ether oxygens (including phenoxy) is 2. The summed E-state index contributed by atoms with van der Waals surface area (Å²) in [6, 6.07) is 1.82. The molecule has 2 saturated heterocycles. The van der Waals surface area contributed by atoms with Gasteiger partial charge in [-0.15, -0.1) is 0 Å². The van der Waals surface area contributed by atoms with Gasteiger partial charge in [0.15, 0.2) is 11.5 Å². The second-order valence-corrected chi connectivity index (χ2v) is 9.22. The van der Waals surface area contributed by atoms with Gasteiger partial charge < -0.3 is 29.9 Å². The fourth-order valence-corrected chi connectivity index (χ4v) is 4.51. The number of carbonyl (C=O) groups is 1. The van der Waals surface area contributed by atoms with E-state index in [1.54, 1.807) is 33.4 Å². The van der Waals surface area contributed by atoms with Crippen molar-refractivity contribution in [2.75, 3.05) is 65.3 Å². The average Bonchev–Trinajstić information content (AvgIpc) is 3.42. The lowest BCUT2D eigenvalue weighted by Gasteiger charge is -2.31. The first-order valence-corrected chi connectivity index (χ1v) is 12.8. The number of aromatic nitrogens is 1. The van der Waals surface area contributed by atoms with E-state index < -0.39 is 0 Å². The van der Waals surface area contributed by atoms with Gasteiger partial charge in [-0.05, 0) is 57.8 Å². The second-order valence-electron chi connectivity index (χ2n) is 9.22. The first-order valence-electron chi connectivity index (χ1n) is 12.8. The summed E-state index contributed by atoms with van der Waals surface area (Å²) < 4.78 is 11.5. The van der Waals surface area contributed by atoms with Crippen LogP contribution in [0, 0.1) is 5.92 Å². The van der Waals surface area contributed by atoms with Gasteiger partial charge in [-0.1, -0.05) is 0 Å². The third-order valence-corrected chi connectivity index (χ3v) is 6.70. The Bertz CT molecular complexity index is 920. The lowest BCUT2D eigenvalue weighted by atomic mass is 9.97. The molecule has 2 aliphatic heterocycles. The molecule has 3 heterocycles. The second kappa shape index (κ2) is 14.4. The fraction of sp³-hybridized carbons (Fsp3) is 0.615. The quantitative estimate of drug-likeness (QED) is 0.259. The van der Waals surface area contributed by atoms with E-state index in [1.165, 1.54) is 25.9 Å². The minimum Gasteiger partial charge on any atom is -0.491 e. The number of nitrogens with one attached hydrogen (secondary N) is 2. The molecule has 2 aliphatic rings. The predicted molar refractivity (Wildman–Crippen MR) is 144 cm³/mol. The molecule has 0 spiro atoms. The molecule has 0 aromatic carbocycles. The van der Waals surface area contributed by atoms with Gasteiger partial charge in [-0.3, -0.25) is 9.79 Å². The highest BCUT2D eigenvalue weighted by atomic mass is 16.5. The molecule has 10 nitrogen and oxygen atoms in total. The molecule has 1 aromatic rings. The van der Waals surface area contributed by atoms with Crippen molar-refractivity contribution in [3.05, 3.63) is 24.2 Å². The van der Waals surface area contributed by atoms with Crippen LogP contribution in [0.25, 0.3) is 0 Å². The summed E-state index contributed by atoms with van der Waals surface area (Å²) in [6.45, 7) is 11.7. The van der Waals surface area contributed by atoms with Crippen LogP contribution in [0.15, 0.2) is 34.1 Å². The fourth-order valence-electron chi connectivity index (χ4n) is 4.51. The van der Waals surface area contributed by atoms with Gasteiger partial charge in [0.25, 0.3) is 0 Å². The Kier molecular flexibility index (Phi) is 11.0. The summed E-state index contributed by atoms with van der Waals surface area (Å²) in [4.78, 5) is 28.8. The molecule has 10 heteroatoms. The zero-order valence-electron chi connectivity index (χ0n) is 22.0. The maximum Gasteiger partial charge on any atom is 0.219 e. The molecule has 1 amide bonds. The number of carbonyl (C=O) groups excluding carboxylic acids is 1. The molecular weight excluding hydrogens is 458 g/mol. The highest BCUT2D eigenvalue weighted by Crippen LogP contribution is 2.28. The van der Waals surface area contributed by atoms with Gasteiger partial charge in [0.05, 0.1) is 19.9 Å². The van der Waals surface area contributed by atoms with Crippen molar-refractivity contribution in [1.82, 2.24) is 20.1 Å². The Morgan fingerprint density at radius 1 is 1.25 bits per heavy atom. The minimum atomic E-state index is 0.146. The maximum atomic E-state index is 11.5. The number of nitrogens with zero attached hydrogens (tertiary/aromatic N) is 5. The highest BCUT2D eigenvalue weighted by Gasteiger charge is 2.20. The van der Waals surface area contributed by atoms with Crippen LogP contribution in [0.1, 0.15) is 39.0 Å². The predicted octanol–water partition coefficient (Wildman–Crippen LogP) is 2.79. The number of pyridine rings is 1. The number of likely N-dealkylation sites (tertiary alicyclic amines) is 2. The third-order valence-electron chi connectivity index (χ3n) is 6.70. The summed E-state index contributed by atoms with van der Waals surface area (Å²) in [5.74, 6) is 3.69. The van der Waals surface area contributed by atoms with E-state index in [0.717, 1.165) is 45.4 Å². The van der Waals surface area contributed by atoms with Crippen LogP contribution >= 0.6 is 0 Å².